The lowest BCUT2D eigenvalue weighted by atomic mass is 10.1. The summed E-state index contributed by atoms with van der Waals surface area (Å²) in [7, 11) is 0. The molecule has 1 aromatic carbocycles. The minimum absolute atomic E-state index is 0.191. The Morgan fingerprint density at radius 3 is 2.65 bits per heavy atom. The smallest absolute Gasteiger partial charge is 0.238 e. The molecule has 0 bridgehead atoms. The van der Waals surface area contributed by atoms with Crippen LogP contribution in [0.2, 0.25) is 0 Å². The van der Waals surface area contributed by atoms with E-state index < -0.39 is 0 Å². The number of thioether (sulfide) groups is 1. The predicted molar refractivity (Wildman–Crippen MR) is 84.0 cm³/mol. The Kier molecular flexibility index (Phi) is 5.58. The average Bonchev–Trinajstić information content (AvgIpc) is 2.48. The molecule has 0 fully saturated rings. The molecule has 0 saturated heterocycles. The van der Waals surface area contributed by atoms with Crippen molar-refractivity contribution >= 4 is 33.6 Å². The second-order valence-electron chi connectivity index (χ2n) is 4.12. The number of nitrogens with one attached hydrogen (secondary N) is 1. The molecule has 0 aliphatic carbocycles. The lowest BCUT2D eigenvalue weighted by Gasteiger charge is -2.08. The Balaban J connectivity index is 2.05. The molecular formula is C14H14BrN3OS. The van der Waals surface area contributed by atoms with E-state index in [0.717, 1.165) is 26.4 Å². The second kappa shape index (κ2) is 7.42. The molecule has 1 amide bonds. The van der Waals surface area contributed by atoms with Gasteiger partial charge in [0.1, 0.15) is 0 Å². The number of rotatable bonds is 5. The highest BCUT2D eigenvalue weighted by Gasteiger charge is 2.07. The molecule has 0 aliphatic heterocycles. The van der Waals surface area contributed by atoms with Crippen LogP contribution in [0.3, 0.4) is 0 Å². The third-order valence-electron chi connectivity index (χ3n) is 2.71. The maximum Gasteiger partial charge on any atom is 0.238 e. The highest BCUT2D eigenvalue weighted by Crippen LogP contribution is 2.24. The molecule has 0 aliphatic rings. The Morgan fingerprint density at radius 1 is 1.25 bits per heavy atom. The molecule has 0 atom stereocenters. The zero-order valence-corrected chi connectivity index (χ0v) is 13.1. The fourth-order valence-corrected chi connectivity index (χ4v) is 2.81. The van der Waals surface area contributed by atoms with Crippen molar-refractivity contribution in [1.29, 1.82) is 0 Å². The van der Waals surface area contributed by atoms with Gasteiger partial charge >= 0.3 is 0 Å². The van der Waals surface area contributed by atoms with E-state index in [0.29, 0.717) is 6.42 Å². The van der Waals surface area contributed by atoms with Gasteiger partial charge in [0.15, 0.2) is 0 Å². The van der Waals surface area contributed by atoms with Gasteiger partial charge in [-0.15, -0.1) is 11.8 Å². The SMILES string of the molecule is NNC(=O)Cc1ccccc1CSc1ccc(Br)cn1. The summed E-state index contributed by atoms with van der Waals surface area (Å²) >= 11 is 5.00. The van der Waals surface area contributed by atoms with Crippen LogP contribution in [0.15, 0.2) is 52.1 Å². The minimum Gasteiger partial charge on any atom is -0.294 e. The molecule has 20 heavy (non-hydrogen) atoms. The van der Waals surface area contributed by atoms with Gasteiger partial charge in [0.05, 0.1) is 11.4 Å². The van der Waals surface area contributed by atoms with Crippen LogP contribution in [0.4, 0.5) is 0 Å². The summed E-state index contributed by atoms with van der Waals surface area (Å²) in [6.45, 7) is 0. The molecule has 0 spiro atoms. The molecule has 2 aromatic rings. The Bertz CT molecular complexity index is 589. The molecule has 0 unspecified atom stereocenters. The largest absolute Gasteiger partial charge is 0.294 e. The standard InChI is InChI=1S/C14H14BrN3OS/c15-12-5-6-14(17-8-12)20-9-11-4-2-1-3-10(11)7-13(19)18-16/h1-6,8H,7,9,16H2,(H,18,19). The number of carbonyl (C=O) groups is 1. The third kappa shape index (κ3) is 4.33. The van der Waals surface area contributed by atoms with Gasteiger partial charge < -0.3 is 0 Å². The van der Waals surface area contributed by atoms with E-state index in [9.17, 15) is 4.79 Å². The summed E-state index contributed by atoms with van der Waals surface area (Å²) in [6, 6.07) is 11.8. The van der Waals surface area contributed by atoms with Gasteiger partial charge in [-0.2, -0.15) is 0 Å². The first kappa shape index (κ1) is 15.0. The molecule has 104 valence electrons. The number of hydrogen-bond donors (Lipinski definition) is 2. The fraction of sp³-hybridized carbons (Fsp3) is 0.143. The third-order valence-corrected chi connectivity index (χ3v) is 4.17. The number of benzene rings is 1. The van der Waals surface area contributed by atoms with Crippen molar-refractivity contribution in [2.24, 2.45) is 5.84 Å². The first-order chi connectivity index (χ1) is 9.69. The van der Waals surface area contributed by atoms with Gasteiger partial charge in [0.25, 0.3) is 0 Å². The van der Waals surface area contributed by atoms with Crippen molar-refractivity contribution in [2.45, 2.75) is 17.2 Å². The summed E-state index contributed by atoms with van der Waals surface area (Å²) in [5.41, 5.74) is 4.26. The van der Waals surface area contributed by atoms with Gasteiger partial charge in [-0.1, -0.05) is 24.3 Å². The molecule has 1 heterocycles. The molecule has 2 rings (SSSR count). The monoisotopic (exact) mass is 351 g/mol. The van der Waals surface area contributed by atoms with E-state index in [2.05, 4.69) is 26.3 Å². The number of carbonyl (C=O) groups excluding carboxylic acids is 1. The number of hydrazine groups is 1. The van der Waals surface area contributed by atoms with E-state index in [1.54, 1.807) is 18.0 Å². The van der Waals surface area contributed by atoms with Gasteiger partial charge in [0.2, 0.25) is 5.91 Å². The van der Waals surface area contributed by atoms with Crippen LogP contribution < -0.4 is 11.3 Å². The van der Waals surface area contributed by atoms with Crippen molar-refractivity contribution in [2.75, 3.05) is 0 Å². The number of hydrogen-bond acceptors (Lipinski definition) is 4. The van der Waals surface area contributed by atoms with Crippen molar-refractivity contribution in [1.82, 2.24) is 10.4 Å². The minimum atomic E-state index is -0.191. The summed E-state index contributed by atoms with van der Waals surface area (Å²) in [5.74, 6) is 5.71. The van der Waals surface area contributed by atoms with Crippen molar-refractivity contribution in [3.8, 4) is 0 Å². The Hall–Kier alpha value is -1.37. The van der Waals surface area contributed by atoms with E-state index in [4.69, 9.17) is 5.84 Å². The van der Waals surface area contributed by atoms with E-state index >= 15 is 0 Å². The summed E-state index contributed by atoms with van der Waals surface area (Å²) in [5, 5.41) is 0.950. The van der Waals surface area contributed by atoms with Crippen molar-refractivity contribution in [3.63, 3.8) is 0 Å². The summed E-state index contributed by atoms with van der Waals surface area (Å²) < 4.78 is 0.960. The van der Waals surface area contributed by atoms with E-state index in [-0.39, 0.29) is 5.91 Å². The zero-order valence-electron chi connectivity index (χ0n) is 10.7. The number of aromatic nitrogens is 1. The molecule has 4 nitrogen and oxygen atoms in total. The van der Waals surface area contributed by atoms with E-state index in [1.165, 1.54) is 0 Å². The van der Waals surface area contributed by atoms with Gasteiger partial charge in [-0.05, 0) is 39.2 Å². The zero-order chi connectivity index (χ0) is 14.4. The lowest BCUT2D eigenvalue weighted by Crippen LogP contribution is -2.31. The Morgan fingerprint density at radius 2 is 2.00 bits per heavy atom. The topological polar surface area (TPSA) is 68.0 Å². The maximum absolute atomic E-state index is 11.4. The van der Waals surface area contributed by atoms with Gasteiger partial charge in [-0.3, -0.25) is 10.2 Å². The maximum atomic E-state index is 11.4. The van der Waals surface area contributed by atoms with Crippen LogP contribution in [-0.4, -0.2) is 10.9 Å². The second-order valence-corrected chi connectivity index (χ2v) is 6.03. The van der Waals surface area contributed by atoms with Gasteiger partial charge in [-0.25, -0.2) is 10.8 Å². The highest BCUT2D eigenvalue weighted by molar-refractivity contribution is 9.10. The molecule has 3 N–H and O–H groups in total. The molecule has 1 aromatic heterocycles. The predicted octanol–water partition coefficient (Wildman–Crippen LogP) is 2.67. The quantitative estimate of drug-likeness (QED) is 0.376. The van der Waals surface area contributed by atoms with Crippen LogP contribution in [0, 0.1) is 0 Å². The molecule has 0 saturated carbocycles. The molecular weight excluding hydrogens is 338 g/mol. The van der Waals surface area contributed by atoms with Crippen molar-refractivity contribution in [3.05, 3.63) is 58.2 Å². The first-order valence-electron chi connectivity index (χ1n) is 5.99. The highest BCUT2D eigenvalue weighted by atomic mass is 79.9. The van der Waals surface area contributed by atoms with Crippen LogP contribution in [0.25, 0.3) is 0 Å². The van der Waals surface area contributed by atoms with Crippen LogP contribution in [0.1, 0.15) is 11.1 Å². The summed E-state index contributed by atoms with van der Waals surface area (Å²) in [6.07, 6.45) is 2.07. The lowest BCUT2D eigenvalue weighted by molar-refractivity contribution is -0.120. The van der Waals surface area contributed by atoms with Crippen LogP contribution >= 0.6 is 27.7 Å². The van der Waals surface area contributed by atoms with E-state index in [1.807, 2.05) is 36.4 Å². The number of amides is 1. The molecule has 0 radical (unpaired) electrons. The van der Waals surface area contributed by atoms with Crippen molar-refractivity contribution < 1.29 is 4.79 Å². The fourth-order valence-electron chi connectivity index (χ4n) is 1.69. The van der Waals surface area contributed by atoms with Gasteiger partial charge in [0, 0.05) is 16.4 Å². The van der Waals surface area contributed by atoms with Crippen LogP contribution in [-0.2, 0) is 17.0 Å². The number of pyridine rings is 1. The first-order valence-corrected chi connectivity index (χ1v) is 7.77. The number of nitrogens with zero attached hydrogens (tertiary/aromatic N) is 1. The Labute approximate surface area is 130 Å². The average molecular weight is 352 g/mol. The number of nitrogens with two attached hydrogens (primary N) is 1. The number of halogens is 1. The normalized spacial score (nSPS) is 10.3. The molecule has 6 heteroatoms. The van der Waals surface area contributed by atoms with Crippen LogP contribution in [0.5, 0.6) is 0 Å². The summed E-state index contributed by atoms with van der Waals surface area (Å²) in [4.78, 5) is 15.7.